The number of rotatable bonds is 5. The summed E-state index contributed by atoms with van der Waals surface area (Å²) in [6, 6.07) is 6.65. The van der Waals surface area contributed by atoms with E-state index in [1.54, 1.807) is 12.1 Å². The van der Waals surface area contributed by atoms with E-state index in [-0.39, 0.29) is 19.1 Å². The summed E-state index contributed by atoms with van der Waals surface area (Å²) >= 11 is 0. The van der Waals surface area contributed by atoms with Crippen molar-refractivity contribution in [3.8, 4) is 0 Å². The Morgan fingerprint density at radius 3 is 2.25 bits per heavy atom. The number of carbonyl (C=O) groups is 1. The standard InChI is InChI=1S/C12H17NO3/c1-2-9-3-5-10(6-4-9)12(16)13-11(7-14)8-15/h3-6,11,14-15H,2,7-8H2,1H3,(H,13,16). The van der Waals surface area contributed by atoms with Gasteiger partial charge in [0.15, 0.2) is 0 Å². The lowest BCUT2D eigenvalue weighted by Crippen LogP contribution is -2.40. The van der Waals surface area contributed by atoms with Crippen LogP contribution in [0.1, 0.15) is 22.8 Å². The number of aliphatic hydroxyl groups excluding tert-OH is 2. The highest BCUT2D eigenvalue weighted by molar-refractivity contribution is 5.94. The topological polar surface area (TPSA) is 69.6 Å². The Balaban J connectivity index is 2.65. The summed E-state index contributed by atoms with van der Waals surface area (Å²) in [5.41, 5.74) is 1.70. The summed E-state index contributed by atoms with van der Waals surface area (Å²) < 4.78 is 0. The quantitative estimate of drug-likeness (QED) is 0.674. The Hall–Kier alpha value is -1.39. The van der Waals surface area contributed by atoms with Gasteiger partial charge in [0.25, 0.3) is 5.91 Å². The van der Waals surface area contributed by atoms with Gasteiger partial charge in [-0.2, -0.15) is 0 Å². The van der Waals surface area contributed by atoms with E-state index in [4.69, 9.17) is 10.2 Å². The fraction of sp³-hybridized carbons (Fsp3) is 0.417. The van der Waals surface area contributed by atoms with Gasteiger partial charge in [0, 0.05) is 5.56 Å². The molecule has 0 aliphatic heterocycles. The number of nitrogens with one attached hydrogen (secondary N) is 1. The average Bonchev–Trinajstić information content (AvgIpc) is 2.35. The van der Waals surface area contributed by atoms with Gasteiger partial charge in [-0.3, -0.25) is 4.79 Å². The average molecular weight is 223 g/mol. The third-order valence-electron chi connectivity index (χ3n) is 2.40. The normalized spacial score (nSPS) is 10.5. The summed E-state index contributed by atoms with van der Waals surface area (Å²) in [5, 5.41) is 20.2. The van der Waals surface area contributed by atoms with E-state index in [2.05, 4.69) is 5.32 Å². The molecule has 1 amide bonds. The summed E-state index contributed by atoms with van der Waals surface area (Å²) in [6.45, 7) is 1.51. The van der Waals surface area contributed by atoms with E-state index < -0.39 is 6.04 Å². The number of carbonyl (C=O) groups excluding carboxylic acids is 1. The molecule has 0 unspecified atom stereocenters. The van der Waals surface area contributed by atoms with Gasteiger partial charge in [0.2, 0.25) is 0 Å². The largest absolute Gasteiger partial charge is 0.394 e. The van der Waals surface area contributed by atoms with E-state index in [1.165, 1.54) is 0 Å². The van der Waals surface area contributed by atoms with Crippen LogP contribution in [0.2, 0.25) is 0 Å². The van der Waals surface area contributed by atoms with Crippen LogP contribution in [-0.2, 0) is 6.42 Å². The monoisotopic (exact) mass is 223 g/mol. The minimum Gasteiger partial charge on any atom is -0.394 e. The van der Waals surface area contributed by atoms with Gasteiger partial charge in [0.1, 0.15) is 0 Å². The highest BCUT2D eigenvalue weighted by Crippen LogP contribution is 2.05. The first-order valence-electron chi connectivity index (χ1n) is 5.32. The Kier molecular flexibility index (Phi) is 4.95. The van der Waals surface area contributed by atoms with Gasteiger partial charge in [-0.1, -0.05) is 19.1 Å². The molecule has 3 N–H and O–H groups in total. The first-order chi connectivity index (χ1) is 7.71. The highest BCUT2D eigenvalue weighted by atomic mass is 16.3. The molecule has 1 rings (SSSR count). The molecule has 4 heteroatoms. The Labute approximate surface area is 94.9 Å². The molecule has 0 atom stereocenters. The molecule has 1 aromatic carbocycles. The van der Waals surface area contributed by atoms with E-state index in [1.807, 2.05) is 19.1 Å². The van der Waals surface area contributed by atoms with Crippen LogP contribution in [0.3, 0.4) is 0 Å². The van der Waals surface area contributed by atoms with Crippen LogP contribution in [0.5, 0.6) is 0 Å². The van der Waals surface area contributed by atoms with E-state index in [0.29, 0.717) is 5.56 Å². The number of hydrogen-bond acceptors (Lipinski definition) is 3. The molecule has 0 spiro atoms. The molecule has 0 saturated carbocycles. The molecular weight excluding hydrogens is 206 g/mol. The summed E-state index contributed by atoms with van der Waals surface area (Å²) in [6.07, 6.45) is 0.928. The fourth-order valence-corrected chi connectivity index (χ4v) is 1.31. The molecule has 0 aliphatic rings. The molecule has 0 fully saturated rings. The van der Waals surface area contributed by atoms with Crippen molar-refractivity contribution < 1.29 is 15.0 Å². The molecule has 1 aromatic rings. The predicted molar refractivity (Wildman–Crippen MR) is 61.2 cm³/mol. The minimum atomic E-state index is -0.599. The van der Waals surface area contributed by atoms with Crippen molar-refractivity contribution in [3.05, 3.63) is 35.4 Å². The molecule has 0 radical (unpaired) electrons. The lowest BCUT2D eigenvalue weighted by atomic mass is 10.1. The summed E-state index contributed by atoms with van der Waals surface area (Å²) in [5.74, 6) is -0.282. The van der Waals surface area contributed by atoms with Crippen molar-refractivity contribution in [2.24, 2.45) is 0 Å². The van der Waals surface area contributed by atoms with Crippen LogP contribution in [0.15, 0.2) is 24.3 Å². The first-order valence-corrected chi connectivity index (χ1v) is 5.32. The van der Waals surface area contributed by atoms with Crippen molar-refractivity contribution in [1.82, 2.24) is 5.32 Å². The smallest absolute Gasteiger partial charge is 0.251 e. The van der Waals surface area contributed by atoms with Crippen LogP contribution in [-0.4, -0.2) is 35.4 Å². The third kappa shape index (κ3) is 3.32. The van der Waals surface area contributed by atoms with E-state index >= 15 is 0 Å². The van der Waals surface area contributed by atoms with E-state index in [9.17, 15) is 4.79 Å². The number of aryl methyl sites for hydroxylation is 1. The molecule has 0 aromatic heterocycles. The molecule has 0 bridgehead atoms. The van der Waals surface area contributed by atoms with Crippen LogP contribution in [0.4, 0.5) is 0 Å². The van der Waals surface area contributed by atoms with Crippen molar-refractivity contribution in [1.29, 1.82) is 0 Å². The molecule has 0 heterocycles. The number of aliphatic hydroxyl groups is 2. The second kappa shape index (κ2) is 6.25. The van der Waals surface area contributed by atoms with Crippen molar-refractivity contribution in [3.63, 3.8) is 0 Å². The van der Waals surface area contributed by atoms with Gasteiger partial charge in [-0.15, -0.1) is 0 Å². The maximum absolute atomic E-state index is 11.6. The second-order valence-corrected chi connectivity index (χ2v) is 3.59. The van der Waals surface area contributed by atoms with Crippen LogP contribution in [0, 0.1) is 0 Å². The predicted octanol–water partition coefficient (Wildman–Crippen LogP) is 0.332. The van der Waals surface area contributed by atoms with E-state index in [0.717, 1.165) is 12.0 Å². The third-order valence-corrected chi connectivity index (χ3v) is 2.40. The van der Waals surface area contributed by atoms with Crippen molar-refractivity contribution in [2.45, 2.75) is 19.4 Å². The van der Waals surface area contributed by atoms with Gasteiger partial charge in [-0.25, -0.2) is 0 Å². The summed E-state index contributed by atoms with van der Waals surface area (Å²) in [4.78, 5) is 11.6. The first kappa shape index (κ1) is 12.7. The lowest BCUT2D eigenvalue weighted by Gasteiger charge is -2.13. The molecule has 0 saturated heterocycles. The molecule has 88 valence electrons. The lowest BCUT2D eigenvalue weighted by molar-refractivity contribution is 0.0879. The maximum Gasteiger partial charge on any atom is 0.251 e. The Morgan fingerprint density at radius 1 is 1.25 bits per heavy atom. The fourth-order valence-electron chi connectivity index (χ4n) is 1.31. The zero-order valence-corrected chi connectivity index (χ0v) is 9.31. The molecule has 0 aliphatic carbocycles. The van der Waals surface area contributed by atoms with Crippen LogP contribution < -0.4 is 5.32 Å². The molecule has 16 heavy (non-hydrogen) atoms. The summed E-state index contributed by atoms with van der Waals surface area (Å²) in [7, 11) is 0. The number of benzene rings is 1. The minimum absolute atomic E-state index is 0.269. The van der Waals surface area contributed by atoms with Crippen molar-refractivity contribution in [2.75, 3.05) is 13.2 Å². The van der Waals surface area contributed by atoms with Gasteiger partial charge >= 0.3 is 0 Å². The van der Waals surface area contributed by atoms with Crippen LogP contribution >= 0.6 is 0 Å². The van der Waals surface area contributed by atoms with Gasteiger partial charge in [0.05, 0.1) is 19.3 Å². The SMILES string of the molecule is CCc1ccc(C(=O)NC(CO)CO)cc1. The number of hydrogen-bond donors (Lipinski definition) is 3. The molecule has 4 nitrogen and oxygen atoms in total. The Bertz CT molecular complexity index is 331. The van der Waals surface area contributed by atoms with Crippen LogP contribution in [0.25, 0.3) is 0 Å². The zero-order chi connectivity index (χ0) is 12.0. The van der Waals surface area contributed by atoms with Gasteiger partial charge < -0.3 is 15.5 Å². The zero-order valence-electron chi connectivity index (χ0n) is 9.31. The number of amides is 1. The van der Waals surface area contributed by atoms with Crippen molar-refractivity contribution >= 4 is 5.91 Å². The Morgan fingerprint density at radius 2 is 1.81 bits per heavy atom. The second-order valence-electron chi connectivity index (χ2n) is 3.59. The maximum atomic E-state index is 11.6. The highest BCUT2D eigenvalue weighted by Gasteiger charge is 2.11. The molecular formula is C12H17NO3. The van der Waals surface area contributed by atoms with Gasteiger partial charge in [-0.05, 0) is 24.1 Å².